The molecular formula is C25H23F3. The Morgan fingerprint density at radius 2 is 1.54 bits per heavy atom. The van der Waals surface area contributed by atoms with Crippen LogP contribution in [0.25, 0.3) is 23.3 Å². The molecule has 0 aliphatic heterocycles. The molecule has 144 valence electrons. The van der Waals surface area contributed by atoms with Gasteiger partial charge in [-0.1, -0.05) is 81.0 Å². The van der Waals surface area contributed by atoms with Crippen LogP contribution >= 0.6 is 0 Å². The van der Waals surface area contributed by atoms with E-state index in [4.69, 9.17) is 0 Å². The fourth-order valence-corrected chi connectivity index (χ4v) is 3.20. The van der Waals surface area contributed by atoms with Crippen molar-refractivity contribution in [2.45, 2.75) is 33.1 Å². The maximum absolute atomic E-state index is 14.4. The van der Waals surface area contributed by atoms with Crippen LogP contribution in [0.5, 0.6) is 0 Å². The largest absolute Gasteiger partial charge is 0.206 e. The van der Waals surface area contributed by atoms with Gasteiger partial charge in [-0.2, -0.15) is 0 Å². The van der Waals surface area contributed by atoms with Gasteiger partial charge < -0.3 is 0 Å². The molecule has 0 atom stereocenters. The van der Waals surface area contributed by atoms with Gasteiger partial charge in [0.2, 0.25) is 0 Å². The number of benzene rings is 3. The van der Waals surface area contributed by atoms with E-state index in [1.165, 1.54) is 0 Å². The molecule has 0 aliphatic rings. The summed E-state index contributed by atoms with van der Waals surface area (Å²) in [7, 11) is 0. The number of aryl methyl sites for hydroxylation is 2. The van der Waals surface area contributed by atoms with Gasteiger partial charge in [-0.3, -0.25) is 0 Å². The van der Waals surface area contributed by atoms with Crippen molar-refractivity contribution in [3.63, 3.8) is 0 Å². The van der Waals surface area contributed by atoms with Gasteiger partial charge in [-0.05, 0) is 41.2 Å². The average Bonchev–Trinajstić information content (AvgIpc) is 2.70. The molecule has 0 aromatic heterocycles. The maximum Gasteiger partial charge on any atom is 0.166 e. The summed E-state index contributed by atoms with van der Waals surface area (Å²) < 4.78 is 42.4. The Balaban J connectivity index is 1.80. The van der Waals surface area contributed by atoms with E-state index in [1.54, 1.807) is 43.3 Å². The molecule has 3 rings (SSSR count). The van der Waals surface area contributed by atoms with Gasteiger partial charge in [0, 0.05) is 11.1 Å². The molecule has 0 aliphatic carbocycles. The second-order valence-corrected chi connectivity index (χ2v) is 6.81. The molecule has 0 amide bonds. The molecule has 3 aromatic rings. The minimum Gasteiger partial charge on any atom is -0.206 e. The molecule has 0 N–H and O–H groups in total. The lowest BCUT2D eigenvalue weighted by Crippen LogP contribution is -1.95. The molecule has 0 saturated heterocycles. The Kier molecular flexibility index (Phi) is 6.35. The van der Waals surface area contributed by atoms with Crippen LogP contribution in [-0.2, 0) is 12.8 Å². The van der Waals surface area contributed by atoms with E-state index in [0.29, 0.717) is 17.5 Å². The van der Waals surface area contributed by atoms with Gasteiger partial charge in [0.1, 0.15) is 5.82 Å². The Hall–Kier alpha value is -2.81. The monoisotopic (exact) mass is 380 g/mol. The van der Waals surface area contributed by atoms with E-state index in [2.05, 4.69) is 6.92 Å². The number of rotatable bonds is 6. The third-order valence-electron chi connectivity index (χ3n) is 4.82. The summed E-state index contributed by atoms with van der Waals surface area (Å²) in [5.74, 6) is -1.86. The maximum atomic E-state index is 14.4. The van der Waals surface area contributed by atoms with E-state index >= 15 is 0 Å². The van der Waals surface area contributed by atoms with Gasteiger partial charge in [-0.25, -0.2) is 13.2 Å². The second kappa shape index (κ2) is 8.92. The Morgan fingerprint density at radius 1 is 0.786 bits per heavy atom. The van der Waals surface area contributed by atoms with E-state index in [9.17, 15) is 13.2 Å². The fourth-order valence-electron chi connectivity index (χ4n) is 3.20. The van der Waals surface area contributed by atoms with E-state index in [1.807, 2.05) is 30.3 Å². The van der Waals surface area contributed by atoms with Crippen LogP contribution < -0.4 is 0 Å². The molecule has 0 fully saturated rings. The third kappa shape index (κ3) is 4.36. The van der Waals surface area contributed by atoms with Crippen molar-refractivity contribution >= 4 is 12.2 Å². The summed E-state index contributed by atoms with van der Waals surface area (Å²) in [4.78, 5) is 0. The van der Waals surface area contributed by atoms with Crippen LogP contribution in [0.1, 0.15) is 42.5 Å². The highest BCUT2D eigenvalue weighted by molar-refractivity contribution is 5.72. The van der Waals surface area contributed by atoms with Crippen LogP contribution in [0.2, 0.25) is 0 Å². The highest BCUT2D eigenvalue weighted by Gasteiger charge is 2.10. The number of hydrogen-bond donors (Lipinski definition) is 0. The highest BCUT2D eigenvalue weighted by atomic mass is 19.2. The predicted molar refractivity (Wildman–Crippen MR) is 110 cm³/mol. The van der Waals surface area contributed by atoms with Crippen molar-refractivity contribution in [1.29, 1.82) is 0 Å². The van der Waals surface area contributed by atoms with Crippen LogP contribution in [-0.4, -0.2) is 0 Å². The summed E-state index contributed by atoms with van der Waals surface area (Å²) in [5.41, 5.74) is 3.72. The van der Waals surface area contributed by atoms with Crippen LogP contribution in [0.15, 0.2) is 54.6 Å². The van der Waals surface area contributed by atoms with Gasteiger partial charge in [0.15, 0.2) is 11.6 Å². The predicted octanol–water partition coefficient (Wildman–Crippen LogP) is 7.46. The Morgan fingerprint density at radius 3 is 2.18 bits per heavy atom. The molecule has 0 unspecified atom stereocenters. The van der Waals surface area contributed by atoms with E-state index < -0.39 is 11.6 Å². The average molecular weight is 380 g/mol. The van der Waals surface area contributed by atoms with Crippen molar-refractivity contribution in [3.05, 3.63) is 94.3 Å². The van der Waals surface area contributed by atoms with Crippen molar-refractivity contribution in [1.82, 2.24) is 0 Å². The van der Waals surface area contributed by atoms with Crippen molar-refractivity contribution < 1.29 is 13.2 Å². The van der Waals surface area contributed by atoms with Crippen LogP contribution in [0.3, 0.4) is 0 Å². The minimum atomic E-state index is -0.832. The quantitative estimate of drug-likeness (QED) is 0.389. The number of halogens is 3. The molecule has 3 aromatic carbocycles. The zero-order valence-electron chi connectivity index (χ0n) is 16.1. The SMILES string of the molecule is CCCc1ccc(-c2ccc(/C=C/c3ccc(CC)c(F)c3F)cc2)c(F)c1. The number of hydrogen-bond acceptors (Lipinski definition) is 0. The third-order valence-corrected chi connectivity index (χ3v) is 4.82. The lowest BCUT2D eigenvalue weighted by molar-refractivity contribution is 0.498. The van der Waals surface area contributed by atoms with Crippen molar-refractivity contribution in [3.8, 4) is 11.1 Å². The van der Waals surface area contributed by atoms with E-state index in [-0.39, 0.29) is 11.4 Å². The summed E-state index contributed by atoms with van der Waals surface area (Å²) in [5, 5.41) is 0. The first-order valence-corrected chi connectivity index (χ1v) is 9.57. The molecular weight excluding hydrogens is 357 g/mol. The lowest BCUT2D eigenvalue weighted by Gasteiger charge is -2.07. The highest BCUT2D eigenvalue weighted by Crippen LogP contribution is 2.25. The van der Waals surface area contributed by atoms with Gasteiger partial charge in [0.05, 0.1) is 0 Å². The summed E-state index contributed by atoms with van der Waals surface area (Å²) in [6, 6.07) is 15.8. The van der Waals surface area contributed by atoms with E-state index in [0.717, 1.165) is 29.5 Å². The molecule has 0 saturated carbocycles. The minimum absolute atomic E-state index is 0.205. The summed E-state index contributed by atoms with van der Waals surface area (Å²) in [6.07, 6.45) is 5.55. The van der Waals surface area contributed by atoms with Crippen LogP contribution in [0, 0.1) is 17.5 Å². The lowest BCUT2D eigenvalue weighted by atomic mass is 10.00. The van der Waals surface area contributed by atoms with Gasteiger partial charge in [0.25, 0.3) is 0 Å². The molecule has 0 spiro atoms. The molecule has 3 heteroatoms. The van der Waals surface area contributed by atoms with Gasteiger partial charge in [-0.15, -0.1) is 0 Å². The Labute approximate surface area is 164 Å². The van der Waals surface area contributed by atoms with Crippen molar-refractivity contribution in [2.24, 2.45) is 0 Å². The first-order chi connectivity index (χ1) is 13.5. The van der Waals surface area contributed by atoms with Crippen molar-refractivity contribution in [2.75, 3.05) is 0 Å². The zero-order chi connectivity index (χ0) is 20.1. The van der Waals surface area contributed by atoms with Gasteiger partial charge >= 0.3 is 0 Å². The first kappa shape index (κ1) is 19.9. The molecule has 0 radical (unpaired) electrons. The summed E-state index contributed by atoms with van der Waals surface area (Å²) in [6.45, 7) is 3.85. The smallest absolute Gasteiger partial charge is 0.166 e. The van der Waals surface area contributed by atoms with Crippen LogP contribution in [0.4, 0.5) is 13.2 Å². The normalized spacial score (nSPS) is 11.3. The standard InChI is InChI=1S/C25H23F3/c1-3-5-18-9-15-22(23(26)16-18)20-10-6-17(7-11-20)8-12-21-14-13-19(4-2)24(27)25(21)28/h6-16H,3-5H2,1-2H3/b12-8+. The Bertz CT molecular complexity index is 985. The fraction of sp³-hybridized carbons (Fsp3) is 0.200. The second-order valence-electron chi connectivity index (χ2n) is 6.81. The molecule has 0 heterocycles. The topological polar surface area (TPSA) is 0 Å². The summed E-state index contributed by atoms with van der Waals surface area (Å²) >= 11 is 0. The molecule has 0 bridgehead atoms. The molecule has 28 heavy (non-hydrogen) atoms. The molecule has 0 nitrogen and oxygen atoms in total. The zero-order valence-corrected chi connectivity index (χ0v) is 16.1. The first-order valence-electron chi connectivity index (χ1n) is 9.57.